The first kappa shape index (κ1) is 17.0. The van der Waals surface area contributed by atoms with Gasteiger partial charge in [0.05, 0.1) is 6.42 Å². The van der Waals surface area contributed by atoms with Gasteiger partial charge in [0.2, 0.25) is 11.7 Å². The molecule has 0 bridgehead atoms. The summed E-state index contributed by atoms with van der Waals surface area (Å²) in [5.41, 5.74) is 1.48. The Morgan fingerprint density at radius 2 is 2.04 bits per heavy atom. The predicted molar refractivity (Wildman–Crippen MR) is 92.2 cm³/mol. The third-order valence-corrected chi connectivity index (χ3v) is 4.62. The summed E-state index contributed by atoms with van der Waals surface area (Å²) in [4.78, 5) is 16.1. The maximum absolute atomic E-state index is 11.9. The van der Waals surface area contributed by atoms with Crippen molar-refractivity contribution >= 4 is 40.5 Å². The normalized spacial score (nSPS) is 10.8. The standard InChI is InChI=1S/C16H12Cl2N2O3S/c17-12-2-1-3-13(18)11(12)8-22-15(21)5-4-14-19-16(20-23-14)10-6-7-24-9-10/h1-3,6-7,9H,4-5,8H2. The molecule has 24 heavy (non-hydrogen) atoms. The highest BCUT2D eigenvalue weighted by atomic mass is 35.5. The fourth-order valence-corrected chi connectivity index (χ4v) is 3.11. The number of rotatable bonds is 6. The molecule has 0 spiro atoms. The van der Waals surface area contributed by atoms with Gasteiger partial charge in [0, 0.05) is 33.0 Å². The topological polar surface area (TPSA) is 65.2 Å². The van der Waals surface area contributed by atoms with E-state index in [1.165, 1.54) is 0 Å². The van der Waals surface area contributed by atoms with Crippen molar-refractivity contribution in [1.29, 1.82) is 0 Å². The second-order valence-electron chi connectivity index (χ2n) is 4.88. The number of ether oxygens (including phenoxy) is 1. The number of esters is 1. The highest BCUT2D eigenvalue weighted by Crippen LogP contribution is 2.25. The Labute approximate surface area is 152 Å². The number of nitrogens with zero attached hydrogens (tertiary/aromatic N) is 2. The largest absolute Gasteiger partial charge is 0.461 e. The van der Waals surface area contributed by atoms with Crippen LogP contribution in [0.4, 0.5) is 0 Å². The molecule has 0 fully saturated rings. The van der Waals surface area contributed by atoms with Crippen molar-refractivity contribution in [3.8, 4) is 11.4 Å². The number of hydrogen-bond acceptors (Lipinski definition) is 6. The first-order valence-corrected chi connectivity index (χ1v) is 8.77. The quantitative estimate of drug-likeness (QED) is 0.573. The van der Waals surface area contributed by atoms with Gasteiger partial charge >= 0.3 is 5.97 Å². The van der Waals surface area contributed by atoms with Gasteiger partial charge in [-0.1, -0.05) is 34.4 Å². The average molecular weight is 383 g/mol. The Hall–Kier alpha value is -1.89. The van der Waals surface area contributed by atoms with Crippen molar-refractivity contribution in [3.63, 3.8) is 0 Å². The number of hydrogen-bond donors (Lipinski definition) is 0. The number of thiophene rings is 1. The number of halogens is 2. The summed E-state index contributed by atoms with van der Waals surface area (Å²) < 4.78 is 10.3. The molecule has 0 aliphatic heterocycles. The highest BCUT2D eigenvalue weighted by Gasteiger charge is 2.13. The van der Waals surface area contributed by atoms with Gasteiger partial charge in [-0.25, -0.2) is 0 Å². The molecule has 0 N–H and O–H groups in total. The van der Waals surface area contributed by atoms with E-state index in [-0.39, 0.29) is 19.0 Å². The second-order valence-corrected chi connectivity index (χ2v) is 6.48. The van der Waals surface area contributed by atoms with E-state index in [1.54, 1.807) is 29.5 Å². The molecule has 8 heteroatoms. The van der Waals surface area contributed by atoms with Crippen LogP contribution in [0, 0.1) is 0 Å². The number of aryl methyl sites for hydroxylation is 1. The van der Waals surface area contributed by atoms with Crippen LogP contribution in [0.1, 0.15) is 17.9 Å². The Morgan fingerprint density at radius 3 is 2.75 bits per heavy atom. The second kappa shape index (κ2) is 7.79. The molecule has 2 heterocycles. The van der Waals surface area contributed by atoms with Crippen LogP contribution in [-0.4, -0.2) is 16.1 Å². The smallest absolute Gasteiger partial charge is 0.306 e. The molecule has 3 rings (SSSR count). The molecule has 5 nitrogen and oxygen atoms in total. The van der Waals surface area contributed by atoms with Crippen LogP contribution in [0.15, 0.2) is 39.5 Å². The van der Waals surface area contributed by atoms with E-state index < -0.39 is 0 Å². The molecule has 0 atom stereocenters. The molecule has 0 aliphatic carbocycles. The van der Waals surface area contributed by atoms with E-state index in [0.717, 1.165) is 5.56 Å². The van der Waals surface area contributed by atoms with Gasteiger partial charge in [-0.15, -0.1) is 0 Å². The lowest BCUT2D eigenvalue weighted by Gasteiger charge is -2.07. The van der Waals surface area contributed by atoms with Gasteiger partial charge in [0.25, 0.3) is 0 Å². The lowest BCUT2D eigenvalue weighted by molar-refractivity contribution is -0.145. The van der Waals surface area contributed by atoms with Crippen molar-refractivity contribution in [2.75, 3.05) is 0 Å². The minimum absolute atomic E-state index is 0.0291. The molecule has 0 radical (unpaired) electrons. The molecule has 0 unspecified atom stereocenters. The summed E-state index contributed by atoms with van der Waals surface area (Å²) in [7, 11) is 0. The van der Waals surface area contributed by atoms with Crippen molar-refractivity contribution in [1.82, 2.24) is 10.1 Å². The fourth-order valence-electron chi connectivity index (χ4n) is 1.97. The van der Waals surface area contributed by atoms with Crippen LogP contribution in [0.25, 0.3) is 11.4 Å². The van der Waals surface area contributed by atoms with Gasteiger partial charge in [0.15, 0.2) is 0 Å². The maximum atomic E-state index is 11.9. The van der Waals surface area contributed by atoms with Gasteiger partial charge in [-0.2, -0.15) is 16.3 Å². The summed E-state index contributed by atoms with van der Waals surface area (Å²) in [6, 6.07) is 7.03. The van der Waals surface area contributed by atoms with Crippen LogP contribution in [0.5, 0.6) is 0 Å². The molecule has 3 aromatic rings. The summed E-state index contributed by atoms with van der Waals surface area (Å²) in [6.07, 6.45) is 0.444. The van der Waals surface area contributed by atoms with Crippen LogP contribution in [0.2, 0.25) is 10.0 Å². The fraction of sp³-hybridized carbons (Fsp3) is 0.188. The summed E-state index contributed by atoms with van der Waals surface area (Å²) in [5, 5.41) is 8.68. The number of carbonyl (C=O) groups is 1. The van der Waals surface area contributed by atoms with Gasteiger partial charge in [-0.05, 0) is 23.6 Å². The first-order chi connectivity index (χ1) is 11.6. The van der Waals surface area contributed by atoms with E-state index >= 15 is 0 Å². The first-order valence-electron chi connectivity index (χ1n) is 7.07. The predicted octanol–water partition coefficient (Wildman–Crippen LogP) is 4.78. The molecular weight excluding hydrogens is 371 g/mol. The van der Waals surface area contributed by atoms with Crippen molar-refractivity contribution in [2.24, 2.45) is 0 Å². The lowest BCUT2D eigenvalue weighted by atomic mass is 10.2. The zero-order valence-corrected chi connectivity index (χ0v) is 14.7. The maximum Gasteiger partial charge on any atom is 0.306 e. The van der Waals surface area contributed by atoms with E-state index in [0.29, 0.717) is 33.7 Å². The molecule has 0 aliphatic rings. The molecule has 0 amide bonds. The average Bonchev–Trinajstić information content (AvgIpc) is 3.23. The van der Waals surface area contributed by atoms with Gasteiger partial charge in [-0.3, -0.25) is 4.79 Å². The Kier molecular flexibility index (Phi) is 5.50. The molecule has 0 saturated heterocycles. The van der Waals surface area contributed by atoms with E-state index in [2.05, 4.69) is 10.1 Å². The lowest BCUT2D eigenvalue weighted by Crippen LogP contribution is -2.06. The summed E-state index contributed by atoms with van der Waals surface area (Å²) in [6.45, 7) is 0.0291. The van der Waals surface area contributed by atoms with E-state index in [1.807, 2.05) is 16.8 Å². The minimum Gasteiger partial charge on any atom is -0.461 e. The molecule has 124 valence electrons. The van der Waals surface area contributed by atoms with Crippen molar-refractivity contribution < 1.29 is 14.1 Å². The third-order valence-electron chi connectivity index (χ3n) is 3.23. The molecular formula is C16H12Cl2N2O3S. The molecule has 1 aromatic carbocycles. The highest BCUT2D eigenvalue weighted by molar-refractivity contribution is 7.08. The van der Waals surface area contributed by atoms with Gasteiger partial charge in [0.1, 0.15) is 6.61 Å². The molecule has 2 aromatic heterocycles. The number of carbonyl (C=O) groups excluding carboxylic acids is 1. The zero-order chi connectivity index (χ0) is 16.9. The molecule has 0 saturated carbocycles. The Balaban J connectivity index is 1.51. The third kappa shape index (κ3) is 4.14. The number of aromatic nitrogens is 2. The Morgan fingerprint density at radius 1 is 1.25 bits per heavy atom. The SMILES string of the molecule is O=C(CCc1nc(-c2ccsc2)no1)OCc1c(Cl)cccc1Cl. The minimum atomic E-state index is -0.388. The summed E-state index contributed by atoms with van der Waals surface area (Å²) in [5.74, 6) is 0.521. The van der Waals surface area contributed by atoms with Crippen LogP contribution in [0.3, 0.4) is 0 Å². The zero-order valence-electron chi connectivity index (χ0n) is 12.4. The summed E-state index contributed by atoms with van der Waals surface area (Å²) >= 11 is 13.6. The monoisotopic (exact) mass is 382 g/mol. The van der Waals surface area contributed by atoms with Crippen LogP contribution in [-0.2, 0) is 22.6 Å². The van der Waals surface area contributed by atoms with Crippen LogP contribution < -0.4 is 0 Å². The van der Waals surface area contributed by atoms with Crippen molar-refractivity contribution in [2.45, 2.75) is 19.4 Å². The Bertz CT molecular complexity index is 813. The van der Waals surface area contributed by atoms with E-state index in [4.69, 9.17) is 32.5 Å². The van der Waals surface area contributed by atoms with Crippen molar-refractivity contribution in [3.05, 3.63) is 56.5 Å². The van der Waals surface area contributed by atoms with Gasteiger partial charge < -0.3 is 9.26 Å². The number of benzene rings is 1. The van der Waals surface area contributed by atoms with E-state index in [9.17, 15) is 4.79 Å². The van der Waals surface area contributed by atoms with Crippen LogP contribution >= 0.6 is 34.5 Å².